The molecule has 6 heteroatoms. The molecule has 3 aliphatic rings. The van der Waals surface area contributed by atoms with Crippen LogP contribution in [0.2, 0.25) is 0 Å². The lowest BCUT2D eigenvalue weighted by molar-refractivity contribution is -0.155. The van der Waals surface area contributed by atoms with Gasteiger partial charge in [0.25, 0.3) is 0 Å². The summed E-state index contributed by atoms with van der Waals surface area (Å²) >= 11 is 0. The second kappa shape index (κ2) is 7.84. The van der Waals surface area contributed by atoms with E-state index in [2.05, 4.69) is 4.57 Å². The van der Waals surface area contributed by atoms with Crippen molar-refractivity contribution >= 4 is 16.9 Å². The average molecular weight is 464 g/mol. The van der Waals surface area contributed by atoms with Crippen molar-refractivity contribution in [3.8, 4) is 11.4 Å². The number of carbonyl (C=O) groups is 1. The zero-order chi connectivity index (χ0) is 23.6. The van der Waals surface area contributed by atoms with Crippen LogP contribution in [0.15, 0.2) is 36.4 Å². The maximum Gasteiger partial charge on any atom is 0.306 e. The highest BCUT2D eigenvalue weighted by Crippen LogP contribution is 2.65. The van der Waals surface area contributed by atoms with Gasteiger partial charge in [0.2, 0.25) is 0 Å². The van der Waals surface area contributed by atoms with E-state index in [9.17, 15) is 19.4 Å². The quantitative estimate of drug-likeness (QED) is 0.495. The molecule has 2 aliphatic carbocycles. The second-order valence-electron chi connectivity index (χ2n) is 10.7. The Morgan fingerprint density at radius 1 is 1.06 bits per heavy atom. The Morgan fingerprint density at radius 2 is 1.79 bits per heavy atom. The second-order valence-corrected chi connectivity index (χ2v) is 10.7. The van der Waals surface area contributed by atoms with Gasteiger partial charge in [-0.1, -0.05) is 0 Å². The van der Waals surface area contributed by atoms with E-state index in [0.717, 1.165) is 55.1 Å². The molecule has 1 saturated heterocycles. The molecule has 3 aromatic rings. The third-order valence-electron chi connectivity index (χ3n) is 8.51. The molecule has 178 valence electrons. The SMILES string of the molecule is Cc1cc(-n2c(C3CCOCC3)c([C@H]3CC4(C[C@H](C(=O)O)C4)C3)c3cc(O)ccc32)ccc1F. The van der Waals surface area contributed by atoms with Gasteiger partial charge in [-0.15, -0.1) is 0 Å². The van der Waals surface area contributed by atoms with E-state index < -0.39 is 5.97 Å². The Morgan fingerprint density at radius 3 is 2.47 bits per heavy atom. The van der Waals surface area contributed by atoms with Crippen LogP contribution < -0.4 is 0 Å². The maximum absolute atomic E-state index is 14.2. The van der Waals surface area contributed by atoms with E-state index in [0.29, 0.717) is 30.6 Å². The van der Waals surface area contributed by atoms with Crippen molar-refractivity contribution in [3.63, 3.8) is 0 Å². The molecular weight excluding hydrogens is 433 g/mol. The molecule has 6 rings (SSSR count). The molecule has 2 N–H and O–H groups in total. The summed E-state index contributed by atoms with van der Waals surface area (Å²) in [5.74, 6) is -0.213. The van der Waals surface area contributed by atoms with Crippen molar-refractivity contribution in [2.24, 2.45) is 11.3 Å². The number of rotatable bonds is 4. The summed E-state index contributed by atoms with van der Waals surface area (Å²) in [5.41, 5.74) is 5.25. The fourth-order valence-corrected chi connectivity index (χ4v) is 6.85. The van der Waals surface area contributed by atoms with Crippen LogP contribution in [0.1, 0.15) is 67.2 Å². The summed E-state index contributed by atoms with van der Waals surface area (Å²) in [4.78, 5) is 11.4. The summed E-state index contributed by atoms with van der Waals surface area (Å²) < 4.78 is 22.1. The monoisotopic (exact) mass is 463 g/mol. The highest BCUT2D eigenvalue weighted by molar-refractivity contribution is 5.89. The lowest BCUT2D eigenvalue weighted by Gasteiger charge is -2.57. The zero-order valence-electron chi connectivity index (χ0n) is 19.4. The number of aromatic hydroxyl groups is 1. The number of aryl methyl sites for hydroxylation is 1. The summed E-state index contributed by atoms with van der Waals surface area (Å²) in [6, 6.07) is 10.8. The number of fused-ring (bicyclic) bond motifs is 1. The number of aromatic nitrogens is 1. The number of ether oxygens (including phenoxy) is 1. The molecule has 2 heterocycles. The number of carboxylic acids is 1. The van der Waals surface area contributed by atoms with Crippen LogP contribution in [0.4, 0.5) is 4.39 Å². The molecule has 5 nitrogen and oxygen atoms in total. The van der Waals surface area contributed by atoms with E-state index in [-0.39, 0.29) is 22.9 Å². The zero-order valence-corrected chi connectivity index (χ0v) is 19.4. The lowest BCUT2D eigenvalue weighted by atomic mass is 9.47. The van der Waals surface area contributed by atoms with Gasteiger partial charge in [0, 0.05) is 35.9 Å². The first-order valence-corrected chi connectivity index (χ1v) is 12.3. The molecule has 1 aromatic heterocycles. The number of nitrogens with zero attached hydrogens (tertiary/aromatic N) is 1. The van der Waals surface area contributed by atoms with E-state index >= 15 is 0 Å². The minimum Gasteiger partial charge on any atom is -0.508 e. The molecule has 0 amide bonds. The summed E-state index contributed by atoms with van der Waals surface area (Å²) in [7, 11) is 0. The number of hydrogen-bond donors (Lipinski definition) is 2. The van der Waals surface area contributed by atoms with Crippen LogP contribution in [0.5, 0.6) is 5.75 Å². The van der Waals surface area contributed by atoms with Crippen LogP contribution in [0.3, 0.4) is 0 Å². The summed E-state index contributed by atoms with van der Waals surface area (Å²) in [6.07, 6.45) is 5.37. The van der Waals surface area contributed by atoms with E-state index in [1.165, 1.54) is 17.3 Å². The number of hydrogen-bond acceptors (Lipinski definition) is 3. The molecule has 0 atom stereocenters. The van der Waals surface area contributed by atoms with Crippen LogP contribution in [-0.2, 0) is 9.53 Å². The van der Waals surface area contributed by atoms with Crippen molar-refractivity contribution < 1.29 is 24.1 Å². The maximum atomic E-state index is 14.2. The molecule has 0 radical (unpaired) electrons. The van der Waals surface area contributed by atoms with Crippen LogP contribution in [0, 0.1) is 24.1 Å². The number of halogens is 1. The van der Waals surface area contributed by atoms with E-state index in [4.69, 9.17) is 4.74 Å². The number of phenols is 1. The van der Waals surface area contributed by atoms with Gasteiger partial charge < -0.3 is 19.5 Å². The minimum absolute atomic E-state index is 0.151. The molecule has 0 unspecified atom stereocenters. The fourth-order valence-electron chi connectivity index (χ4n) is 6.85. The van der Waals surface area contributed by atoms with Crippen molar-refractivity contribution in [1.82, 2.24) is 4.57 Å². The Hall–Kier alpha value is -2.86. The third kappa shape index (κ3) is 3.34. The van der Waals surface area contributed by atoms with Gasteiger partial charge in [0.15, 0.2) is 0 Å². The van der Waals surface area contributed by atoms with Gasteiger partial charge in [-0.25, -0.2) is 4.39 Å². The highest BCUT2D eigenvalue weighted by atomic mass is 19.1. The van der Waals surface area contributed by atoms with E-state index in [1.54, 1.807) is 13.0 Å². The molecule has 2 aromatic carbocycles. The molecule has 3 fully saturated rings. The van der Waals surface area contributed by atoms with Gasteiger partial charge in [0.1, 0.15) is 11.6 Å². The van der Waals surface area contributed by atoms with Crippen molar-refractivity contribution in [2.45, 2.75) is 57.3 Å². The summed E-state index contributed by atoms with van der Waals surface area (Å²) in [5, 5.41) is 20.8. The Bertz CT molecular complexity index is 1280. The highest BCUT2D eigenvalue weighted by Gasteiger charge is 2.56. The standard InChI is InChI=1S/C28H30FNO4/c1-16-10-20(2-4-23(16)29)30-24-5-3-21(31)11-22(24)25(26(30)17-6-8-34-9-7-17)18-12-28(13-18)14-19(15-28)27(32)33/h2-5,10-11,17-19,31H,6-9,12-15H2,1H3,(H,32,33)/t18-,19-,28?. The summed E-state index contributed by atoms with van der Waals surface area (Å²) in [6.45, 7) is 3.22. The molecule has 2 saturated carbocycles. The van der Waals surface area contributed by atoms with Crippen molar-refractivity contribution in [3.05, 3.63) is 59.0 Å². The van der Waals surface area contributed by atoms with Gasteiger partial charge >= 0.3 is 5.97 Å². The molecular formula is C28H30FNO4. The van der Waals surface area contributed by atoms with Crippen molar-refractivity contribution in [2.75, 3.05) is 13.2 Å². The first kappa shape index (κ1) is 21.7. The first-order chi connectivity index (χ1) is 16.3. The van der Waals surface area contributed by atoms with Gasteiger partial charge in [-0.2, -0.15) is 0 Å². The Kier molecular flexibility index (Phi) is 4.99. The fraction of sp³-hybridized carbons (Fsp3) is 0.464. The van der Waals surface area contributed by atoms with Gasteiger partial charge in [-0.05, 0) is 104 Å². The third-order valence-corrected chi connectivity index (χ3v) is 8.51. The minimum atomic E-state index is -0.676. The number of carboxylic acid groups (broad SMARTS) is 1. The van der Waals surface area contributed by atoms with E-state index in [1.807, 2.05) is 24.3 Å². The lowest BCUT2D eigenvalue weighted by Crippen LogP contribution is -2.49. The number of phenolic OH excluding ortho intramolecular Hbond substituents is 1. The topological polar surface area (TPSA) is 71.7 Å². The normalized spacial score (nSPS) is 27.0. The predicted octanol–water partition coefficient (Wildman–Crippen LogP) is 6.04. The Balaban J connectivity index is 1.50. The number of aliphatic carboxylic acids is 1. The van der Waals surface area contributed by atoms with Gasteiger partial charge in [-0.3, -0.25) is 4.79 Å². The van der Waals surface area contributed by atoms with Crippen LogP contribution in [0.25, 0.3) is 16.6 Å². The molecule has 0 bridgehead atoms. The molecule has 1 spiro atoms. The number of benzene rings is 2. The molecule has 34 heavy (non-hydrogen) atoms. The van der Waals surface area contributed by atoms with Crippen molar-refractivity contribution in [1.29, 1.82) is 0 Å². The largest absolute Gasteiger partial charge is 0.508 e. The average Bonchev–Trinajstić information content (AvgIpc) is 3.08. The van der Waals surface area contributed by atoms with Gasteiger partial charge in [0.05, 0.1) is 11.4 Å². The van der Waals surface area contributed by atoms with Crippen LogP contribution >= 0.6 is 0 Å². The predicted molar refractivity (Wildman–Crippen MR) is 127 cm³/mol. The van der Waals surface area contributed by atoms with Crippen LogP contribution in [-0.4, -0.2) is 34.0 Å². The first-order valence-electron chi connectivity index (χ1n) is 12.3. The molecule has 1 aliphatic heterocycles. The smallest absolute Gasteiger partial charge is 0.306 e. The Labute approximate surface area is 198 Å².